The first-order valence-corrected chi connectivity index (χ1v) is 4.23. The Labute approximate surface area is 80.6 Å². The van der Waals surface area contributed by atoms with Crippen LogP contribution >= 0.6 is 0 Å². The lowest BCUT2D eigenvalue weighted by Gasteiger charge is -2.16. The van der Waals surface area contributed by atoms with Crippen LogP contribution in [0.3, 0.4) is 0 Å². The molecule has 0 N–H and O–H groups in total. The number of amides is 1. The average molecular weight is 178 g/mol. The number of rotatable bonds is 2. The average Bonchev–Trinajstić information content (AvgIpc) is 2.18. The van der Waals surface area contributed by atoms with Crippen molar-refractivity contribution in [3.8, 4) is 0 Å². The minimum Gasteiger partial charge on any atom is -0.348 e. The molecule has 0 aromatic heterocycles. The summed E-state index contributed by atoms with van der Waals surface area (Å²) in [4.78, 5) is 13.1. The predicted molar refractivity (Wildman–Crippen MR) is 53.6 cm³/mol. The van der Waals surface area contributed by atoms with Crippen molar-refractivity contribution in [2.45, 2.75) is 12.8 Å². The normalized spacial score (nSPS) is 15.8. The predicted octanol–water partition coefficient (Wildman–Crippen LogP) is 1.88. The van der Waals surface area contributed by atoms with Crippen LogP contribution in [-0.2, 0) is 4.79 Å². The van der Waals surface area contributed by atoms with Gasteiger partial charge in [0, 0.05) is 15.5 Å². The minimum absolute atomic E-state index is 0.205. The van der Waals surface area contributed by atoms with E-state index in [2.05, 4.69) is 0 Å². The molecule has 0 aliphatic heterocycles. The van der Waals surface area contributed by atoms with Gasteiger partial charge in [-0.2, -0.15) is 0 Å². The summed E-state index contributed by atoms with van der Waals surface area (Å²) in [7, 11) is 3.33. The van der Waals surface area contributed by atoms with Crippen LogP contribution in [-0.4, -0.2) is 24.9 Å². The smallest absolute Gasteiger partial charge is 0.229 e. The second-order valence-electron chi connectivity index (χ2n) is 3.19. The van der Waals surface area contributed by atoms with Crippen molar-refractivity contribution in [1.29, 1.82) is 0 Å². The van der Waals surface area contributed by atoms with E-state index in [0.717, 1.165) is 5.56 Å². The number of carbonyl (C=O) groups is 1. The molecular formula is C11H15NO. The summed E-state index contributed by atoms with van der Waals surface area (Å²) in [5, 5.41) is 0. The molecule has 1 unspecified atom stereocenters. The largest absolute Gasteiger partial charge is 0.348 e. The van der Waals surface area contributed by atoms with E-state index in [0.29, 0.717) is 0 Å². The molecule has 1 aromatic carbocycles. The molecule has 2 nitrogen and oxygen atoms in total. The van der Waals surface area contributed by atoms with Gasteiger partial charge in [-0.15, -0.1) is 0 Å². The Morgan fingerprint density at radius 1 is 1.38 bits per heavy atom. The molecule has 1 atom stereocenters. The third kappa shape index (κ3) is 2.31. The van der Waals surface area contributed by atoms with Gasteiger partial charge in [0.15, 0.2) is 0 Å². The van der Waals surface area contributed by atoms with Gasteiger partial charge in [0.05, 0.1) is 5.89 Å². The molecule has 0 saturated carbocycles. The molecule has 1 amide bonds. The molecule has 2 heteroatoms. The Kier molecular flexibility index (Phi) is 2.60. The fraction of sp³-hybridized carbons (Fsp3) is 0.364. The second-order valence-corrected chi connectivity index (χ2v) is 3.19. The molecule has 1 aromatic rings. The molecule has 0 saturated heterocycles. The zero-order valence-electron chi connectivity index (χ0n) is 9.24. The van der Waals surface area contributed by atoms with Crippen molar-refractivity contribution in [2.24, 2.45) is 0 Å². The highest BCUT2D eigenvalue weighted by atomic mass is 16.2. The Morgan fingerprint density at radius 3 is 2.38 bits per heavy atom. The van der Waals surface area contributed by atoms with Crippen molar-refractivity contribution in [3.05, 3.63) is 35.9 Å². The second kappa shape index (κ2) is 4.08. The number of nitrogens with zero attached hydrogens (tertiary/aromatic N) is 1. The first-order valence-electron chi connectivity index (χ1n) is 4.73. The van der Waals surface area contributed by atoms with Crippen molar-refractivity contribution in [3.63, 3.8) is 0 Å². The van der Waals surface area contributed by atoms with Crippen LogP contribution in [0.4, 0.5) is 0 Å². The van der Waals surface area contributed by atoms with E-state index in [1.807, 2.05) is 18.2 Å². The molecular weight excluding hydrogens is 162 g/mol. The number of benzene rings is 1. The quantitative estimate of drug-likeness (QED) is 0.677. The molecule has 0 aliphatic carbocycles. The van der Waals surface area contributed by atoms with Crippen LogP contribution in [0.5, 0.6) is 0 Å². The van der Waals surface area contributed by atoms with E-state index in [1.54, 1.807) is 33.2 Å². The molecule has 0 heterocycles. The monoisotopic (exact) mass is 178 g/mol. The maximum atomic E-state index is 11.7. The summed E-state index contributed by atoms with van der Waals surface area (Å²) in [6.45, 7) is 1.62. The summed E-state index contributed by atoms with van der Waals surface area (Å²) < 4.78 is 8.01. The van der Waals surface area contributed by atoms with E-state index >= 15 is 0 Å². The van der Waals surface area contributed by atoms with Gasteiger partial charge in [-0.1, -0.05) is 30.3 Å². The minimum atomic E-state index is -1.19. The van der Waals surface area contributed by atoms with Crippen LogP contribution < -0.4 is 0 Å². The summed E-state index contributed by atoms with van der Waals surface area (Å²) in [5.74, 6) is -1.39. The van der Waals surface area contributed by atoms with E-state index in [-0.39, 0.29) is 5.91 Å². The molecule has 0 aliphatic rings. The lowest BCUT2D eigenvalue weighted by molar-refractivity contribution is -0.129. The zero-order valence-corrected chi connectivity index (χ0v) is 8.24. The Hall–Kier alpha value is -1.31. The van der Waals surface area contributed by atoms with Gasteiger partial charge in [-0.25, -0.2) is 0 Å². The fourth-order valence-electron chi connectivity index (χ4n) is 1.15. The third-order valence-electron chi connectivity index (χ3n) is 1.93. The van der Waals surface area contributed by atoms with Gasteiger partial charge in [0.2, 0.25) is 5.91 Å². The van der Waals surface area contributed by atoms with Crippen LogP contribution in [0.15, 0.2) is 30.3 Å². The van der Waals surface area contributed by atoms with Crippen LogP contribution in [0.1, 0.15) is 19.8 Å². The van der Waals surface area contributed by atoms with Crippen LogP contribution in [0.25, 0.3) is 0 Å². The molecule has 0 bridgehead atoms. The van der Waals surface area contributed by atoms with E-state index in [1.165, 1.54) is 4.90 Å². The van der Waals surface area contributed by atoms with E-state index in [9.17, 15) is 4.79 Å². The highest BCUT2D eigenvalue weighted by Crippen LogP contribution is 2.15. The highest BCUT2D eigenvalue weighted by molar-refractivity contribution is 5.82. The molecule has 0 radical (unpaired) electrons. The molecule has 0 spiro atoms. The summed E-state index contributed by atoms with van der Waals surface area (Å²) in [6.07, 6.45) is 0. The Morgan fingerprint density at radius 2 is 1.92 bits per heavy atom. The molecule has 70 valence electrons. The van der Waals surface area contributed by atoms with Gasteiger partial charge < -0.3 is 4.90 Å². The first-order chi connectivity index (χ1) is 6.46. The Balaban J connectivity index is 3.02. The Bertz CT molecular complexity index is 319. The van der Waals surface area contributed by atoms with Gasteiger partial charge in [0.25, 0.3) is 0 Å². The standard InChI is InChI=1S/C11H15NO/c1-9(11(13)12(2)3)10-7-5-4-6-8-10/h4-9H,1-3H3/i9D. The highest BCUT2D eigenvalue weighted by Gasteiger charge is 2.15. The summed E-state index contributed by atoms with van der Waals surface area (Å²) >= 11 is 0. The SMILES string of the molecule is [2H]C(C)(C(=O)N(C)C)c1ccccc1. The maximum absolute atomic E-state index is 11.7. The first kappa shape index (κ1) is 8.30. The molecule has 13 heavy (non-hydrogen) atoms. The molecule has 0 fully saturated rings. The maximum Gasteiger partial charge on any atom is 0.229 e. The van der Waals surface area contributed by atoms with Crippen molar-refractivity contribution in [1.82, 2.24) is 4.90 Å². The number of hydrogen-bond acceptors (Lipinski definition) is 1. The van der Waals surface area contributed by atoms with Crippen molar-refractivity contribution >= 4 is 5.91 Å². The van der Waals surface area contributed by atoms with Gasteiger partial charge in [-0.3, -0.25) is 4.79 Å². The topological polar surface area (TPSA) is 20.3 Å². The lowest BCUT2D eigenvalue weighted by Crippen LogP contribution is -2.26. The fourth-order valence-corrected chi connectivity index (χ4v) is 1.15. The zero-order chi connectivity index (χ0) is 10.8. The summed E-state index contributed by atoms with van der Waals surface area (Å²) in [6, 6.07) is 9.15. The van der Waals surface area contributed by atoms with Crippen LogP contribution in [0.2, 0.25) is 0 Å². The van der Waals surface area contributed by atoms with Gasteiger partial charge in [-0.05, 0) is 12.5 Å². The van der Waals surface area contributed by atoms with Gasteiger partial charge >= 0.3 is 0 Å². The number of hydrogen-bond donors (Lipinski definition) is 0. The third-order valence-corrected chi connectivity index (χ3v) is 1.93. The lowest BCUT2D eigenvalue weighted by atomic mass is 10.0. The van der Waals surface area contributed by atoms with E-state index < -0.39 is 5.89 Å². The van der Waals surface area contributed by atoms with Crippen molar-refractivity contribution in [2.75, 3.05) is 14.1 Å². The summed E-state index contributed by atoms with van der Waals surface area (Å²) in [5.41, 5.74) is 0.721. The van der Waals surface area contributed by atoms with Gasteiger partial charge in [0.1, 0.15) is 0 Å². The number of carbonyl (C=O) groups excluding carboxylic acids is 1. The van der Waals surface area contributed by atoms with Crippen LogP contribution in [0, 0.1) is 0 Å². The number of likely N-dealkylation sites (N-methyl/N-ethyl adjacent to an activating group) is 1. The van der Waals surface area contributed by atoms with Crippen molar-refractivity contribution < 1.29 is 6.17 Å². The molecule has 1 rings (SSSR count). The van der Waals surface area contributed by atoms with E-state index in [4.69, 9.17) is 1.37 Å².